The Balaban J connectivity index is 1.18. The highest BCUT2D eigenvalue weighted by Crippen LogP contribution is 2.32. The Morgan fingerprint density at radius 3 is 2.57 bits per heavy atom. The van der Waals surface area contributed by atoms with E-state index < -0.39 is 10.0 Å². The summed E-state index contributed by atoms with van der Waals surface area (Å²) in [7, 11) is 0.805. The summed E-state index contributed by atoms with van der Waals surface area (Å²) in [6, 6.07) is 3.57. The maximum Gasteiger partial charge on any atom is 0.256 e. The van der Waals surface area contributed by atoms with Gasteiger partial charge in [-0.3, -0.25) is 0 Å². The predicted molar refractivity (Wildman–Crippen MR) is 170 cm³/mol. The summed E-state index contributed by atoms with van der Waals surface area (Å²) in [5, 5.41) is 9.84. The first-order chi connectivity index (χ1) is 21.2. The molecule has 0 amide bonds. The molecular formula is C31H36N8O3S2. The third kappa shape index (κ3) is 7.43. The zero-order valence-electron chi connectivity index (χ0n) is 25.1. The molecule has 44 heavy (non-hydrogen) atoms. The lowest BCUT2D eigenvalue weighted by molar-refractivity contribution is 0.166. The highest BCUT2D eigenvalue weighted by Gasteiger charge is 2.37. The first-order valence-electron chi connectivity index (χ1n) is 14.8. The van der Waals surface area contributed by atoms with Crippen molar-refractivity contribution in [3.63, 3.8) is 0 Å². The minimum absolute atomic E-state index is 0.356. The van der Waals surface area contributed by atoms with E-state index in [1.165, 1.54) is 25.2 Å². The number of rotatable bonds is 10. The highest BCUT2D eigenvalue weighted by atomic mass is 32.2. The number of ether oxygens (including phenoxy) is 1. The molecule has 0 spiro atoms. The van der Waals surface area contributed by atoms with E-state index in [1.54, 1.807) is 29.8 Å². The Hall–Kier alpha value is -3.86. The minimum Gasteiger partial charge on any atom is -0.492 e. The quantitative estimate of drug-likeness (QED) is 0.245. The molecule has 4 aromatic rings. The van der Waals surface area contributed by atoms with Crippen LogP contribution in [0.4, 0.5) is 11.6 Å². The van der Waals surface area contributed by atoms with Gasteiger partial charge in [0.1, 0.15) is 23.1 Å². The van der Waals surface area contributed by atoms with E-state index in [9.17, 15) is 8.42 Å². The van der Waals surface area contributed by atoms with Gasteiger partial charge in [0.15, 0.2) is 5.82 Å². The number of hydrogen-bond donors (Lipinski definition) is 1. The Kier molecular flexibility index (Phi) is 8.93. The fourth-order valence-corrected chi connectivity index (χ4v) is 7.37. The first kappa shape index (κ1) is 30.2. The summed E-state index contributed by atoms with van der Waals surface area (Å²) in [5.41, 5.74) is 1.93. The second-order valence-corrected chi connectivity index (χ2v) is 14.9. The van der Waals surface area contributed by atoms with Gasteiger partial charge in [0.05, 0.1) is 40.4 Å². The standard InChI is InChI=1S/C31H36N8O3S2/c1-21-35-26(20-43-21)9-8-24-15-33-30(14-28(24)42-19-23-6-4-22(5-7-23)17-38(2)3)36-29-12-13-32-31(37-29)25-16-34-39(18-25)44(40,41)27-10-11-27/h12-16,18,20,22-23,27H,4-7,10-11,17,19H2,1-3H3,(H,32,33,36,37). The molecule has 0 aliphatic heterocycles. The van der Waals surface area contributed by atoms with Gasteiger partial charge < -0.3 is 15.0 Å². The number of pyridine rings is 1. The van der Waals surface area contributed by atoms with Crippen LogP contribution >= 0.6 is 11.3 Å². The second kappa shape index (κ2) is 13.0. The van der Waals surface area contributed by atoms with Crippen molar-refractivity contribution in [2.45, 2.75) is 50.7 Å². The SMILES string of the molecule is Cc1nc(C#Cc2cnc(Nc3ccnc(-c4cnn(S(=O)(=O)C5CC5)c4)n3)cc2OCC2CCC(CN(C)C)CC2)cs1. The molecule has 2 fully saturated rings. The van der Waals surface area contributed by atoms with Crippen LogP contribution < -0.4 is 10.1 Å². The van der Waals surface area contributed by atoms with E-state index in [1.807, 2.05) is 18.4 Å². The molecule has 0 saturated heterocycles. The Morgan fingerprint density at radius 2 is 1.84 bits per heavy atom. The number of nitrogens with one attached hydrogen (secondary N) is 1. The Morgan fingerprint density at radius 1 is 1.05 bits per heavy atom. The van der Waals surface area contributed by atoms with Crippen LogP contribution in [0.3, 0.4) is 0 Å². The summed E-state index contributed by atoms with van der Waals surface area (Å²) in [6.45, 7) is 3.71. The third-order valence-electron chi connectivity index (χ3n) is 7.81. The van der Waals surface area contributed by atoms with Crippen molar-refractivity contribution in [1.82, 2.24) is 34.0 Å². The van der Waals surface area contributed by atoms with Gasteiger partial charge in [0.2, 0.25) is 0 Å². The molecule has 0 atom stereocenters. The van der Waals surface area contributed by atoms with Gasteiger partial charge in [-0.25, -0.2) is 28.4 Å². The summed E-state index contributed by atoms with van der Waals surface area (Å²) >= 11 is 1.57. The van der Waals surface area contributed by atoms with Crippen LogP contribution in [0.5, 0.6) is 5.75 Å². The minimum atomic E-state index is -3.47. The summed E-state index contributed by atoms with van der Waals surface area (Å²) in [5.74, 6) is 9.63. The monoisotopic (exact) mass is 632 g/mol. The van der Waals surface area contributed by atoms with Crippen molar-refractivity contribution >= 4 is 33.0 Å². The molecule has 0 aromatic carbocycles. The molecule has 2 aliphatic carbocycles. The van der Waals surface area contributed by atoms with E-state index in [-0.39, 0.29) is 5.25 Å². The van der Waals surface area contributed by atoms with Gasteiger partial charge >= 0.3 is 0 Å². The molecule has 0 unspecified atom stereocenters. The lowest BCUT2D eigenvalue weighted by atomic mass is 9.82. The maximum atomic E-state index is 12.6. The van der Waals surface area contributed by atoms with Crippen molar-refractivity contribution in [3.8, 4) is 29.0 Å². The number of hydrogen-bond acceptors (Lipinski definition) is 11. The molecule has 13 heteroatoms. The average Bonchev–Trinajstić information content (AvgIpc) is 3.61. The third-order valence-corrected chi connectivity index (χ3v) is 10.6. The zero-order valence-corrected chi connectivity index (χ0v) is 26.7. The van der Waals surface area contributed by atoms with Crippen LogP contribution in [0.2, 0.25) is 0 Å². The highest BCUT2D eigenvalue weighted by molar-refractivity contribution is 7.90. The van der Waals surface area contributed by atoms with Crippen LogP contribution in [0.25, 0.3) is 11.4 Å². The van der Waals surface area contributed by atoms with E-state index >= 15 is 0 Å². The lowest BCUT2D eigenvalue weighted by Crippen LogP contribution is -2.27. The van der Waals surface area contributed by atoms with Gasteiger partial charge in [0.25, 0.3) is 10.0 Å². The number of aromatic nitrogens is 6. The molecule has 6 rings (SSSR count). The molecule has 1 N–H and O–H groups in total. The molecule has 0 radical (unpaired) electrons. The molecule has 11 nitrogen and oxygen atoms in total. The Labute approximate surface area is 262 Å². The normalized spacial score (nSPS) is 18.5. The summed E-state index contributed by atoms with van der Waals surface area (Å²) in [6.07, 6.45) is 12.3. The van der Waals surface area contributed by atoms with Crippen LogP contribution in [0.1, 0.15) is 54.8 Å². The van der Waals surface area contributed by atoms with Crippen LogP contribution in [0, 0.1) is 30.6 Å². The molecule has 4 aromatic heterocycles. The molecule has 0 bridgehead atoms. The van der Waals surface area contributed by atoms with Crippen molar-refractivity contribution in [2.75, 3.05) is 32.6 Å². The van der Waals surface area contributed by atoms with Crippen molar-refractivity contribution in [2.24, 2.45) is 11.8 Å². The van der Waals surface area contributed by atoms with E-state index in [0.29, 0.717) is 59.7 Å². The van der Waals surface area contributed by atoms with Gasteiger partial charge in [0, 0.05) is 30.4 Å². The summed E-state index contributed by atoms with van der Waals surface area (Å²) < 4.78 is 32.5. The molecular weight excluding hydrogens is 597 g/mol. The van der Waals surface area contributed by atoms with Gasteiger partial charge in [-0.2, -0.15) is 9.19 Å². The van der Waals surface area contributed by atoms with Crippen molar-refractivity contribution in [1.29, 1.82) is 0 Å². The van der Waals surface area contributed by atoms with Crippen molar-refractivity contribution < 1.29 is 13.2 Å². The zero-order chi connectivity index (χ0) is 30.7. The molecule has 230 valence electrons. The Bertz CT molecular complexity index is 1780. The molecule has 2 aliphatic rings. The second-order valence-electron chi connectivity index (χ2n) is 11.8. The molecule has 2 saturated carbocycles. The topological polar surface area (TPSA) is 128 Å². The number of nitrogens with zero attached hydrogens (tertiary/aromatic N) is 7. The predicted octanol–water partition coefficient (Wildman–Crippen LogP) is 4.73. The first-order valence-corrected chi connectivity index (χ1v) is 17.2. The van der Waals surface area contributed by atoms with E-state index in [4.69, 9.17) is 4.74 Å². The fraction of sp³-hybridized carbons (Fsp3) is 0.452. The maximum absolute atomic E-state index is 12.6. The number of aryl methyl sites for hydroxylation is 1. The van der Waals surface area contributed by atoms with Crippen LogP contribution in [-0.2, 0) is 10.0 Å². The average molecular weight is 633 g/mol. The smallest absolute Gasteiger partial charge is 0.256 e. The van der Waals surface area contributed by atoms with Crippen LogP contribution in [-0.4, -0.2) is 74.9 Å². The fourth-order valence-electron chi connectivity index (χ4n) is 5.35. The van der Waals surface area contributed by atoms with Crippen LogP contribution in [0.15, 0.2) is 42.3 Å². The van der Waals surface area contributed by atoms with Gasteiger partial charge in [-0.15, -0.1) is 11.3 Å². The number of thiazole rings is 1. The molecule has 4 heterocycles. The lowest BCUT2D eigenvalue weighted by Gasteiger charge is -2.30. The van der Waals surface area contributed by atoms with E-state index in [2.05, 4.69) is 61.2 Å². The van der Waals surface area contributed by atoms with Gasteiger partial charge in [-0.1, -0.05) is 5.92 Å². The van der Waals surface area contributed by atoms with E-state index in [0.717, 1.165) is 40.1 Å². The summed E-state index contributed by atoms with van der Waals surface area (Å²) in [4.78, 5) is 20.2. The largest absolute Gasteiger partial charge is 0.492 e. The number of anilines is 2. The van der Waals surface area contributed by atoms with Crippen molar-refractivity contribution in [3.05, 3.63) is 58.6 Å². The van der Waals surface area contributed by atoms with Gasteiger partial charge in [-0.05, 0) is 83.4 Å².